The predicted molar refractivity (Wildman–Crippen MR) is 98.4 cm³/mol. The third kappa shape index (κ3) is 2.63. The highest BCUT2D eigenvalue weighted by Gasteiger charge is 2.29. The highest BCUT2D eigenvalue weighted by atomic mass is 19.1. The molecule has 1 aromatic carbocycles. The number of hydrogen-bond acceptors (Lipinski definition) is 3. The Bertz CT molecular complexity index is 1210. The van der Waals surface area contributed by atoms with Crippen LogP contribution in [0, 0.1) is 11.6 Å². The van der Waals surface area contributed by atoms with Crippen molar-refractivity contribution < 1.29 is 13.6 Å². The predicted octanol–water partition coefficient (Wildman–Crippen LogP) is 3.83. The van der Waals surface area contributed by atoms with Crippen molar-refractivity contribution >= 4 is 11.6 Å². The summed E-state index contributed by atoms with van der Waals surface area (Å²) in [6, 6.07) is 9.49. The summed E-state index contributed by atoms with van der Waals surface area (Å²) in [6.07, 6.45) is 6.79. The second-order valence-electron chi connectivity index (χ2n) is 6.69. The van der Waals surface area contributed by atoms with Gasteiger partial charge in [0.15, 0.2) is 0 Å². The van der Waals surface area contributed by atoms with Crippen molar-refractivity contribution in [3.05, 3.63) is 89.6 Å². The highest BCUT2D eigenvalue weighted by Crippen LogP contribution is 2.28. The molecular weight excluding hydrogens is 362 g/mol. The van der Waals surface area contributed by atoms with Gasteiger partial charge in [-0.2, -0.15) is 0 Å². The molecule has 5 nitrogen and oxygen atoms in total. The van der Waals surface area contributed by atoms with E-state index in [2.05, 4.69) is 9.97 Å². The van der Waals surface area contributed by atoms with Gasteiger partial charge in [-0.1, -0.05) is 0 Å². The SMILES string of the molecule is O=C1c2cccnc2CN1Cc1c(F)cc(-c2ccc3nccn3c2)cc1F. The number of hydrogen-bond donors (Lipinski definition) is 0. The number of nitrogens with zero attached hydrogens (tertiary/aromatic N) is 4. The normalized spacial score (nSPS) is 13.4. The lowest BCUT2D eigenvalue weighted by Crippen LogP contribution is -2.24. The first-order chi connectivity index (χ1) is 13.6. The Morgan fingerprint density at radius 2 is 1.82 bits per heavy atom. The third-order valence-corrected chi connectivity index (χ3v) is 4.96. The topological polar surface area (TPSA) is 50.5 Å². The van der Waals surface area contributed by atoms with Crippen molar-refractivity contribution in [1.29, 1.82) is 0 Å². The first-order valence-corrected chi connectivity index (χ1v) is 8.74. The lowest BCUT2D eigenvalue weighted by molar-refractivity contribution is 0.0763. The standard InChI is InChI=1S/C21H14F2N4O/c22-17-8-14(13-3-4-20-25-6-7-26(20)10-13)9-18(23)16(17)11-27-12-19-15(21(27)28)2-1-5-24-19/h1-10H,11-12H2. The van der Waals surface area contributed by atoms with Crippen LogP contribution in [0.25, 0.3) is 16.8 Å². The maximum Gasteiger partial charge on any atom is 0.256 e. The van der Waals surface area contributed by atoms with Crippen molar-refractivity contribution in [3.8, 4) is 11.1 Å². The number of carbonyl (C=O) groups is 1. The first kappa shape index (κ1) is 16.6. The summed E-state index contributed by atoms with van der Waals surface area (Å²) in [6.45, 7) is 0.0978. The van der Waals surface area contributed by atoms with Gasteiger partial charge in [0.25, 0.3) is 5.91 Å². The minimum Gasteiger partial charge on any atom is -0.328 e. The maximum absolute atomic E-state index is 14.7. The molecule has 4 heterocycles. The van der Waals surface area contributed by atoms with Gasteiger partial charge in [0, 0.05) is 30.4 Å². The summed E-state index contributed by atoms with van der Waals surface area (Å²) in [5, 5.41) is 0. The molecule has 0 aliphatic carbocycles. The minimum atomic E-state index is -0.683. The second-order valence-corrected chi connectivity index (χ2v) is 6.69. The lowest BCUT2D eigenvalue weighted by atomic mass is 10.0. The van der Waals surface area contributed by atoms with E-state index in [1.54, 1.807) is 53.5 Å². The number of imidazole rings is 1. The third-order valence-electron chi connectivity index (χ3n) is 4.96. The van der Waals surface area contributed by atoms with Crippen LogP contribution in [0.2, 0.25) is 0 Å². The molecule has 0 saturated heterocycles. The summed E-state index contributed by atoms with van der Waals surface area (Å²) in [4.78, 5) is 22.2. The average Bonchev–Trinajstić information content (AvgIpc) is 3.29. The van der Waals surface area contributed by atoms with Crippen LogP contribution in [0.5, 0.6) is 0 Å². The summed E-state index contributed by atoms with van der Waals surface area (Å²) in [7, 11) is 0. The molecule has 0 spiro atoms. The Hall–Kier alpha value is -3.61. The number of rotatable bonds is 3. The maximum atomic E-state index is 14.7. The van der Waals surface area contributed by atoms with Crippen molar-refractivity contribution in [2.24, 2.45) is 0 Å². The van der Waals surface area contributed by atoms with Gasteiger partial charge in [-0.3, -0.25) is 9.78 Å². The molecule has 138 valence electrons. The summed E-state index contributed by atoms with van der Waals surface area (Å²) < 4.78 is 31.3. The number of pyridine rings is 2. The van der Waals surface area contributed by atoms with Crippen molar-refractivity contribution in [2.75, 3.05) is 0 Å². The number of halogens is 2. The van der Waals surface area contributed by atoms with E-state index >= 15 is 0 Å². The van der Waals surface area contributed by atoms with E-state index in [1.807, 2.05) is 0 Å². The van der Waals surface area contributed by atoms with Crippen molar-refractivity contribution in [1.82, 2.24) is 19.3 Å². The van der Waals surface area contributed by atoms with Gasteiger partial charge in [0.05, 0.1) is 24.3 Å². The van der Waals surface area contributed by atoms with Crippen LogP contribution in [0.1, 0.15) is 21.6 Å². The van der Waals surface area contributed by atoms with E-state index < -0.39 is 11.6 Å². The Labute approximate surface area is 158 Å². The monoisotopic (exact) mass is 376 g/mol. The van der Waals surface area contributed by atoms with Crippen LogP contribution in [-0.4, -0.2) is 25.2 Å². The molecule has 0 atom stereocenters. The Balaban J connectivity index is 1.46. The molecule has 0 fully saturated rings. The van der Waals surface area contributed by atoms with E-state index in [1.165, 1.54) is 17.0 Å². The molecule has 7 heteroatoms. The summed E-state index contributed by atoms with van der Waals surface area (Å²) in [5.41, 5.74) is 2.82. The van der Waals surface area contributed by atoms with Gasteiger partial charge < -0.3 is 9.30 Å². The Morgan fingerprint density at radius 3 is 2.61 bits per heavy atom. The molecule has 0 N–H and O–H groups in total. The Kier molecular flexibility index (Phi) is 3.68. The van der Waals surface area contributed by atoms with Gasteiger partial charge in [0.2, 0.25) is 0 Å². The zero-order valence-electron chi connectivity index (χ0n) is 14.6. The molecule has 0 unspecified atom stereocenters. The largest absolute Gasteiger partial charge is 0.328 e. The average molecular weight is 376 g/mol. The van der Waals surface area contributed by atoms with Gasteiger partial charge in [-0.25, -0.2) is 13.8 Å². The van der Waals surface area contributed by atoms with E-state index in [-0.39, 0.29) is 24.6 Å². The van der Waals surface area contributed by atoms with Crippen molar-refractivity contribution in [2.45, 2.75) is 13.1 Å². The molecule has 0 radical (unpaired) electrons. The zero-order valence-corrected chi connectivity index (χ0v) is 14.6. The molecule has 28 heavy (non-hydrogen) atoms. The van der Waals surface area contributed by atoms with E-state index in [9.17, 15) is 13.6 Å². The molecule has 1 aliphatic heterocycles. The quantitative estimate of drug-likeness (QED) is 0.546. The lowest BCUT2D eigenvalue weighted by Gasteiger charge is -2.17. The van der Waals surface area contributed by atoms with Gasteiger partial charge in [-0.05, 0) is 47.5 Å². The van der Waals surface area contributed by atoms with Gasteiger partial charge in [-0.15, -0.1) is 0 Å². The number of carbonyl (C=O) groups excluding carboxylic acids is 1. The number of benzene rings is 1. The van der Waals surface area contributed by atoms with Crippen LogP contribution in [-0.2, 0) is 13.1 Å². The fraction of sp³-hybridized carbons (Fsp3) is 0.0952. The van der Waals surface area contributed by atoms with Crippen LogP contribution in [0.15, 0.2) is 61.2 Å². The number of fused-ring (bicyclic) bond motifs is 2. The number of aromatic nitrogens is 3. The molecule has 3 aromatic heterocycles. The van der Waals surface area contributed by atoms with Crippen molar-refractivity contribution in [3.63, 3.8) is 0 Å². The van der Waals surface area contributed by atoms with Crippen LogP contribution in [0.4, 0.5) is 8.78 Å². The van der Waals surface area contributed by atoms with E-state index in [0.717, 1.165) is 5.65 Å². The van der Waals surface area contributed by atoms with Crippen LogP contribution in [0.3, 0.4) is 0 Å². The molecule has 1 amide bonds. The van der Waals surface area contributed by atoms with E-state index in [4.69, 9.17) is 0 Å². The fourth-order valence-corrected chi connectivity index (χ4v) is 3.51. The molecule has 1 aliphatic rings. The molecule has 0 bridgehead atoms. The molecular formula is C21H14F2N4O. The highest BCUT2D eigenvalue weighted by molar-refractivity contribution is 5.97. The van der Waals surface area contributed by atoms with Crippen LogP contribution < -0.4 is 0 Å². The molecule has 5 rings (SSSR count). The van der Waals surface area contributed by atoms with E-state index in [0.29, 0.717) is 22.4 Å². The molecule has 0 saturated carbocycles. The summed E-state index contributed by atoms with van der Waals surface area (Å²) in [5.74, 6) is -1.63. The number of amides is 1. The fourth-order valence-electron chi connectivity index (χ4n) is 3.51. The first-order valence-electron chi connectivity index (χ1n) is 8.74. The molecule has 4 aromatic rings. The van der Waals surface area contributed by atoms with Crippen LogP contribution >= 0.6 is 0 Å². The Morgan fingerprint density at radius 1 is 1.00 bits per heavy atom. The summed E-state index contributed by atoms with van der Waals surface area (Å²) >= 11 is 0. The minimum absolute atomic E-state index is 0.131. The van der Waals surface area contributed by atoms with Gasteiger partial charge in [0.1, 0.15) is 17.3 Å². The second kappa shape index (κ2) is 6.23. The zero-order chi connectivity index (χ0) is 19.3. The van der Waals surface area contributed by atoms with Gasteiger partial charge >= 0.3 is 0 Å². The smallest absolute Gasteiger partial charge is 0.256 e.